The van der Waals surface area contributed by atoms with Gasteiger partial charge in [0.2, 0.25) is 0 Å². The van der Waals surface area contributed by atoms with Crippen molar-refractivity contribution >= 4 is 28.1 Å². The van der Waals surface area contributed by atoms with Crippen LogP contribution in [-0.2, 0) is 17.8 Å². The lowest BCUT2D eigenvalue weighted by atomic mass is 10.2. The second-order valence-electron chi connectivity index (χ2n) is 5.09. The lowest BCUT2D eigenvalue weighted by molar-refractivity contribution is 0.102. The normalized spacial score (nSPS) is 13.6. The number of fused-ring (bicyclic) bond motifs is 1. The first kappa shape index (κ1) is 14.0. The Morgan fingerprint density at radius 3 is 3.05 bits per heavy atom. The van der Waals surface area contributed by atoms with E-state index in [1.165, 1.54) is 11.3 Å². The lowest BCUT2D eigenvalue weighted by Crippen LogP contribution is -2.14. The second kappa shape index (κ2) is 5.83. The van der Waals surface area contributed by atoms with Crippen molar-refractivity contribution in [1.29, 1.82) is 0 Å². The standard InChI is InChI=1S/C15H17N3O2S/c1-18(2)11-5-3-4-10(8-11)14(19)17-15-16-12-6-7-20-9-13(12)21-15/h3-5,8H,6-7,9H2,1-2H3,(H,16,17,19). The maximum absolute atomic E-state index is 12.3. The molecule has 1 amide bonds. The van der Waals surface area contributed by atoms with Crippen LogP contribution in [0.5, 0.6) is 0 Å². The molecule has 0 saturated carbocycles. The fourth-order valence-electron chi connectivity index (χ4n) is 2.17. The SMILES string of the molecule is CN(C)c1cccc(C(=O)Nc2nc3c(s2)COCC3)c1. The van der Waals surface area contributed by atoms with E-state index < -0.39 is 0 Å². The highest BCUT2D eigenvalue weighted by Gasteiger charge is 2.17. The van der Waals surface area contributed by atoms with Crippen molar-refractivity contribution in [1.82, 2.24) is 4.98 Å². The van der Waals surface area contributed by atoms with Crippen LogP contribution < -0.4 is 10.2 Å². The summed E-state index contributed by atoms with van der Waals surface area (Å²) in [7, 11) is 3.90. The summed E-state index contributed by atoms with van der Waals surface area (Å²) >= 11 is 1.49. The first-order valence-electron chi connectivity index (χ1n) is 6.78. The maximum atomic E-state index is 12.3. The fraction of sp³-hybridized carbons (Fsp3) is 0.333. The molecule has 0 radical (unpaired) electrons. The van der Waals surface area contributed by atoms with E-state index in [4.69, 9.17) is 4.74 Å². The van der Waals surface area contributed by atoms with Gasteiger partial charge in [-0.3, -0.25) is 10.1 Å². The van der Waals surface area contributed by atoms with Gasteiger partial charge < -0.3 is 9.64 Å². The number of hydrogen-bond acceptors (Lipinski definition) is 5. The van der Waals surface area contributed by atoms with E-state index in [-0.39, 0.29) is 5.91 Å². The Morgan fingerprint density at radius 2 is 2.29 bits per heavy atom. The third kappa shape index (κ3) is 3.06. The highest BCUT2D eigenvalue weighted by atomic mass is 32.1. The molecule has 3 rings (SSSR count). The van der Waals surface area contributed by atoms with Gasteiger partial charge >= 0.3 is 0 Å². The van der Waals surface area contributed by atoms with Gasteiger partial charge in [0.1, 0.15) is 0 Å². The number of anilines is 2. The Kier molecular flexibility index (Phi) is 3.90. The number of hydrogen-bond donors (Lipinski definition) is 1. The Labute approximate surface area is 127 Å². The number of rotatable bonds is 3. The van der Waals surface area contributed by atoms with Crippen LogP contribution in [0.15, 0.2) is 24.3 Å². The zero-order valence-corrected chi connectivity index (χ0v) is 12.9. The summed E-state index contributed by atoms with van der Waals surface area (Å²) in [6, 6.07) is 7.52. The van der Waals surface area contributed by atoms with Crippen molar-refractivity contribution in [2.75, 3.05) is 30.9 Å². The molecule has 0 bridgehead atoms. The summed E-state index contributed by atoms with van der Waals surface area (Å²) in [5.41, 5.74) is 2.67. The minimum Gasteiger partial charge on any atom is -0.378 e. The summed E-state index contributed by atoms with van der Waals surface area (Å²) in [6.07, 6.45) is 0.817. The van der Waals surface area contributed by atoms with Crippen LogP contribution in [-0.4, -0.2) is 31.6 Å². The molecule has 1 N–H and O–H groups in total. The van der Waals surface area contributed by atoms with Crippen molar-refractivity contribution in [3.63, 3.8) is 0 Å². The second-order valence-corrected chi connectivity index (χ2v) is 6.17. The number of ether oxygens (including phenoxy) is 1. The third-order valence-corrected chi connectivity index (χ3v) is 4.33. The van der Waals surface area contributed by atoms with Gasteiger partial charge in [0, 0.05) is 31.8 Å². The molecule has 21 heavy (non-hydrogen) atoms. The molecule has 2 aromatic rings. The molecule has 6 heteroatoms. The summed E-state index contributed by atoms with van der Waals surface area (Å²) in [5.74, 6) is -0.134. The van der Waals surface area contributed by atoms with Gasteiger partial charge in [-0.05, 0) is 18.2 Å². The van der Waals surface area contributed by atoms with Crippen molar-refractivity contribution in [2.24, 2.45) is 0 Å². The van der Waals surface area contributed by atoms with Crippen LogP contribution in [0.1, 0.15) is 20.9 Å². The topological polar surface area (TPSA) is 54.5 Å². The molecule has 1 aliphatic heterocycles. The molecular formula is C15H17N3O2S. The number of amides is 1. The van der Waals surface area contributed by atoms with Crippen molar-refractivity contribution in [2.45, 2.75) is 13.0 Å². The molecule has 1 aromatic carbocycles. The number of thiazole rings is 1. The van der Waals surface area contributed by atoms with Gasteiger partial charge in [-0.1, -0.05) is 17.4 Å². The van der Waals surface area contributed by atoms with Crippen LogP contribution in [0.2, 0.25) is 0 Å². The first-order valence-corrected chi connectivity index (χ1v) is 7.60. The zero-order valence-electron chi connectivity index (χ0n) is 12.0. The Hall–Kier alpha value is -1.92. The molecule has 110 valence electrons. The Balaban J connectivity index is 1.77. The van der Waals surface area contributed by atoms with Crippen LogP contribution in [0, 0.1) is 0 Å². The van der Waals surface area contributed by atoms with E-state index in [2.05, 4.69) is 10.3 Å². The largest absolute Gasteiger partial charge is 0.378 e. The van der Waals surface area contributed by atoms with E-state index in [1.807, 2.05) is 37.2 Å². The molecule has 0 aliphatic carbocycles. The summed E-state index contributed by atoms with van der Waals surface area (Å²) in [5, 5.41) is 3.52. The Morgan fingerprint density at radius 1 is 1.43 bits per heavy atom. The lowest BCUT2D eigenvalue weighted by Gasteiger charge is -2.13. The molecule has 1 aromatic heterocycles. The van der Waals surface area contributed by atoms with E-state index >= 15 is 0 Å². The number of nitrogens with one attached hydrogen (secondary N) is 1. The smallest absolute Gasteiger partial charge is 0.257 e. The average Bonchev–Trinajstić information content (AvgIpc) is 2.89. The van der Waals surface area contributed by atoms with Crippen molar-refractivity contribution in [3.05, 3.63) is 40.4 Å². The van der Waals surface area contributed by atoms with E-state index in [0.29, 0.717) is 23.9 Å². The molecule has 0 atom stereocenters. The highest BCUT2D eigenvalue weighted by molar-refractivity contribution is 7.15. The van der Waals surface area contributed by atoms with E-state index in [1.54, 1.807) is 6.07 Å². The number of carbonyl (C=O) groups excluding carboxylic acids is 1. The number of nitrogens with zero attached hydrogens (tertiary/aromatic N) is 2. The van der Waals surface area contributed by atoms with Gasteiger partial charge in [-0.25, -0.2) is 4.98 Å². The summed E-state index contributed by atoms with van der Waals surface area (Å²) in [6.45, 7) is 1.30. The predicted molar refractivity (Wildman–Crippen MR) is 84.2 cm³/mol. The summed E-state index contributed by atoms with van der Waals surface area (Å²) in [4.78, 5) is 19.9. The molecule has 0 unspecified atom stereocenters. The monoisotopic (exact) mass is 303 g/mol. The van der Waals surface area contributed by atoms with E-state index in [0.717, 1.165) is 22.7 Å². The molecule has 5 nitrogen and oxygen atoms in total. The molecule has 0 saturated heterocycles. The summed E-state index contributed by atoms with van der Waals surface area (Å²) < 4.78 is 5.39. The van der Waals surface area contributed by atoms with Gasteiger partial charge in [0.15, 0.2) is 5.13 Å². The molecular weight excluding hydrogens is 286 g/mol. The quantitative estimate of drug-likeness (QED) is 0.946. The molecule has 1 aliphatic rings. The van der Waals surface area contributed by atoms with Crippen LogP contribution in [0.3, 0.4) is 0 Å². The van der Waals surface area contributed by atoms with Crippen molar-refractivity contribution in [3.8, 4) is 0 Å². The first-order chi connectivity index (χ1) is 10.1. The van der Waals surface area contributed by atoms with Gasteiger partial charge in [0.05, 0.1) is 23.8 Å². The van der Waals surface area contributed by atoms with Crippen molar-refractivity contribution < 1.29 is 9.53 Å². The third-order valence-electron chi connectivity index (χ3n) is 3.34. The molecule has 0 spiro atoms. The average molecular weight is 303 g/mol. The van der Waals surface area contributed by atoms with Gasteiger partial charge in [-0.15, -0.1) is 0 Å². The molecule has 2 heterocycles. The minimum absolute atomic E-state index is 0.134. The van der Waals surface area contributed by atoms with Crippen LogP contribution in [0.4, 0.5) is 10.8 Å². The zero-order chi connectivity index (χ0) is 14.8. The van der Waals surface area contributed by atoms with Gasteiger partial charge in [0.25, 0.3) is 5.91 Å². The Bertz CT molecular complexity index is 643. The van der Waals surface area contributed by atoms with Crippen LogP contribution >= 0.6 is 11.3 Å². The van der Waals surface area contributed by atoms with E-state index in [9.17, 15) is 4.79 Å². The maximum Gasteiger partial charge on any atom is 0.257 e. The number of benzene rings is 1. The predicted octanol–water partition coefficient (Wildman–Crippen LogP) is 2.53. The number of carbonyl (C=O) groups is 1. The highest BCUT2D eigenvalue weighted by Crippen LogP contribution is 2.27. The fourth-order valence-corrected chi connectivity index (χ4v) is 3.11. The van der Waals surface area contributed by atoms with Gasteiger partial charge in [-0.2, -0.15) is 0 Å². The van der Waals surface area contributed by atoms with Crippen LogP contribution in [0.25, 0.3) is 0 Å². The molecule has 0 fully saturated rings. The minimum atomic E-state index is -0.134. The number of aromatic nitrogens is 1.